The highest BCUT2D eigenvalue weighted by Gasteiger charge is 2.39. The van der Waals surface area contributed by atoms with E-state index in [0.717, 1.165) is 12.5 Å². The Kier molecular flexibility index (Phi) is 2.67. The van der Waals surface area contributed by atoms with Gasteiger partial charge in [-0.1, -0.05) is 12.2 Å². The first kappa shape index (κ1) is 10.2. The Hall–Kier alpha value is -0.340. The van der Waals surface area contributed by atoms with Crippen LogP contribution in [0.1, 0.15) is 32.6 Å². The second-order valence-corrected chi connectivity index (χ2v) is 5.31. The van der Waals surface area contributed by atoms with Crippen LogP contribution in [-0.4, -0.2) is 30.1 Å². The first-order valence-electron chi connectivity index (χ1n) is 5.76. The van der Waals surface area contributed by atoms with Crippen molar-refractivity contribution in [3.05, 3.63) is 12.2 Å². The largest absolute Gasteiger partial charge is 0.324 e. The van der Waals surface area contributed by atoms with Crippen LogP contribution in [0.2, 0.25) is 0 Å². The van der Waals surface area contributed by atoms with Crippen molar-refractivity contribution in [2.24, 2.45) is 11.7 Å². The lowest BCUT2D eigenvalue weighted by Gasteiger charge is -2.35. The fourth-order valence-electron chi connectivity index (χ4n) is 2.38. The minimum Gasteiger partial charge on any atom is -0.324 e. The molecule has 0 spiro atoms. The van der Waals surface area contributed by atoms with Crippen molar-refractivity contribution >= 4 is 0 Å². The molecular weight excluding hydrogens is 172 g/mol. The van der Waals surface area contributed by atoms with Crippen LogP contribution in [-0.2, 0) is 0 Å². The van der Waals surface area contributed by atoms with Crippen LogP contribution in [0.25, 0.3) is 0 Å². The van der Waals surface area contributed by atoms with Gasteiger partial charge in [-0.25, -0.2) is 0 Å². The van der Waals surface area contributed by atoms with Gasteiger partial charge in [0.25, 0.3) is 0 Å². The molecule has 1 atom stereocenters. The summed E-state index contributed by atoms with van der Waals surface area (Å²) in [5.41, 5.74) is 7.79. The Labute approximate surface area is 87.2 Å². The number of hydrogen-bond donors (Lipinski definition) is 1. The van der Waals surface area contributed by atoms with Gasteiger partial charge >= 0.3 is 0 Å². The summed E-state index contributed by atoms with van der Waals surface area (Å²) in [6.07, 6.45) is 5.02. The molecule has 2 aliphatic rings. The Morgan fingerprint density at radius 2 is 2.00 bits per heavy atom. The molecule has 1 aliphatic heterocycles. The predicted molar refractivity (Wildman–Crippen MR) is 60.1 cm³/mol. The average Bonchev–Trinajstić information content (AvgIpc) is 2.91. The van der Waals surface area contributed by atoms with Crippen LogP contribution in [0, 0.1) is 5.92 Å². The number of likely N-dealkylation sites (tertiary alicyclic amines) is 1. The molecule has 0 radical (unpaired) electrons. The zero-order chi connectivity index (χ0) is 10.2. The van der Waals surface area contributed by atoms with E-state index in [1.165, 1.54) is 44.3 Å². The molecule has 1 saturated heterocycles. The zero-order valence-electron chi connectivity index (χ0n) is 9.26. The molecule has 2 heteroatoms. The zero-order valence-corrected chi connectivity index (χ0v) is 9.26. The van der Waals surface area contributed by atoms with Crippen LogP contribution in [0.5, 0.6) is 0 Å². The van der Waals surface area contributed by atoms with E-state index in [1.807, 2.05) is 0 Å². The molecule has 0 aromatic heterocycles. The van der Waals surface area contributed by atoms with E-state index in [-0.39, 0.29) is 5.54 Å². The molecule has 0 amide bonds. The third kappa shape index (κ3) is 2.37. The summed E-state index contributed by atoms with van der Waals surface area (Å²) in [7, 11) is 0. The highest BCUT2D eigenvalue weighted by molar-refractivity contribution is 5.02. The van der Waals surface area contributed by atoms with Crippen molar-refractivity contribution in [3.63, 3.8) is 0 Å². The van der Waals surface area contributed by atoms with Gasteiger partial charge in [0.15, 0.2) is 0 Å². The van der Waals surface area contributed by atoms with E-state index in [0.29, 0.717) is 0 Å². The number of hydrogen-bond acceptors (Lipinski definition) is 2. The van der Waals surface area contributed by atoms with E-state index < -0.39 is 0 Å². The maximum Gasteiger partial charge on any atom is 0.0283 e. The van der Waals surface area contributed by atoms with E-state index in [4.69, 9.17) is 5.73 Å². The number of nitrogens with zero attached hydrogens (tertiary/aromatic N) is 1. The molecule has 2 nitrogen and oxygen atoms in total. The lowest BCUT2D eigenvalue weighted by molar-refractivity contribution is 0.191. The molecule has 80 valence electrons. The van der Waals surface area contributed by atoms with Gasteiger partial charge in [-0.05, 0) is 38.5 Å². The van der Waals surface area contributed by atoms with Gasteiger partial charge in [0.1, 0.15) is 0 Å². The maximum atomic E-state index is 6.32. The molecular formula is C12H22N2. The fourth-order valence-corrected chi connectivity index (χ4v) is 2.38. The number of piperidine rings is 1. The molecule has 2 N–H and O–H groups in total. The maximum absolute atomic E-state index is 6.32. The summed E-state index contributed by atoms with van der Waals surface area (Å²) in [5, 5.41) is 0. The van der Waals surface area contributed by atoms with E-state index >= 15 is 0 Å². The van der Waals surface area contributed by atoms with E-state index in [1.54, 1.807) is 0 Å². The summed E-state index contributed by atoms with van der Waals surface area (Å²) in [5.74, 6) is 0.785. The Bertz CT molecular complexity index is 218. The smallest absolute Gasteiger partial charge is 0.0283 e. The second kappa shape index (κ2) is 3.67. The standard InChI is InChI=1S/C12H22N2/c1-10-5-7-14(8-6-10)9-12(2,13)11-3-4-11/h11H,1,3-9,13H2,2H3. The van der Waals surface area contributed by atoms with Gasteiger partial charge in [0, 0.05) is 25.2 Å². The SMILES string of the molecule is C=C1CCN(CC(C)(N)C2CC2)CC1. The van der Waals surface area contributed by atoms with Gasteiger partial charge in [0.2, 0.25) is 0 Å². The van der Waals surface area contributed by atoms with Crippen LogP contribution >= 0.6 is 0 Å². The van der Waals surface area contributed by atoms with Gasteiger partial charge in [-0.2, -0.15) is 0 Å². The molecule has 1 aliphatic carbocycles. The average molecular weight is 194 g/mol. The molecule has 2 rings (SSSR count). The summed E-state index contributed by atoms with van der Waals surface area (Å²) in [4.78, 5) is 2.51. The summed E-state index contributed by atoms with van der Waals surface area (Å²) in [6.45, 7) is 9.66. The van der Waals surface area contributed by atoms with E-state index in [2.05, 4.69) is 18.4 Å². The van der Waals surface area contributed by atoms with Crippen LogP contribution in [0.3, 0.4) is 0 Å². The number of rotatable bonds is 3. The molecule has 0 bridgehead atoms. The van der Waals surface area contributed by atoms with Gasteiger partial charge in [-0.3, -0.25) is 0 Å². The molecule has 1 saturated carbocycles. The van der Waals surface area contributed by atoms with Crippen LogP contribution in [0.4, 0.5) is 0 Å². The second-order valence-electron chi connectivity index (χ2n) is 5.31. The summed E-state index contributed by atoms with van der Waals surface area (Å²) < 4.78 is 0. The molecule has 2 fully saturated rings. The molecule has 0 aromatic carbocycles. The third-order valence-electron chi connectivity index (χ3n) is 3.64. The van der Waals surface area contributed by atoms with Gasteiger partial charge in [0.05, 0.1) is 0 Å². The fraction of sp³-hybridized carbons (Fsp3) is 0.833. The lowest BCUT2D eigenvalue weighted by atomic mass is 9.95. The van der Waals surface area contributed by atoms with Crippen molar-refractivity contribution in [1.82, 2.24) is 4.90 Å². The minimum absolute atomic E-state index is 0.0542. The summed E-state index contributed by atoms with van der Waals surface area (Å²) in [6, 6.07) is 0. The summed E-state index contributed by atoms with van der Waals surface area (Å²) >= 11 is 0. The van der Waals surface area contributed by atoms with Crippen LogP contribution < -0.4 is 5.73 Å². The quantitative estimate of drug-likeness (QED) is 0.694. The third-order valence-corrected chi connectivity index (χ3v) is 3.64. The first-order valence-corrected chi connectivity index (χ1v) is 5.76. The normalized spacial score (nSPS) is 28.9. The molecule has 1 heterocycles. The molecule has 1 unspecified atom stereocenters. The van der Waals surface area contributed by atoms with Crippen molar-refractivity contribution in [2.45, 2.75) is 38.1 Å². The highest BCUT2D eigenvalue weighted by Crippen LogP contribution is 2.38. The number of nitrogens with two attached hydrogens (primary N) is 1. The van der Waals surface area contributed by atoms with Crippen molar-refractivity contribution in [2.75, 3.05) is 19.6 Å². The van der Waals surface area contributed by atoms with Crippen molar-refractivity contribution < 1.29 is 0 Å². The van der Waals surface area contributed by atoms with Crippen molar-refractivity contribution in [3.8, 4) is 0 Å². The highest BCUT2D eigenvalue weighted by atomic mass is 15.2. The minimum atomic E-state index is 0.0542. The van der Waals surface area contributed by atoms with Gasteiger partial charge < -0.3 is 10.6 Å². The van der Waals surface area contributed by atoms with E-state index in [9.17, 15) is 0 Å². The van der Waals surface area contributed by atoms with Crippen molar-refractivity contribution in [1.29, 1.82) is 0 Å². The Morgan fingerprint density at radius 1 is 1.43 bits per heavy atom. The first-order chi connectivity index (χ1) is 6.58. The van der Waals surface area contributed by atoms with Crippen LogP contribution in [0.15, 0.2) is 12.2 Å². The molecule has 14 heavy (non-hydrogen) atoms. The topological polar surface area (TPSA) is 29.3 Å². The Morgan fingerprint density at radius 3 is 2.50 bits per heavy atom. The molecule has 0 aromatic rings. The van der Waals surface area contributed by atoms with Gasteiger partial charge in [-0.15, -0.1) is 0 Å². The predicted octanol–water partition coefficient (Wildman–Crippen LogP) is 1.77. The monoisotopic (exact) mass is 194 g/mol. The Balaban J connectivity index is 1.82. The lowest BCUT2D eigenvalue weighted by Crippen LogP contribution is -2.50.